The highest BCUT2D eigenvalue weighted by Crippen LogP contribution is 2.25. The molecule has 3 N–H and O–H groups in total. The average Bonchev–Trinajstić information content (AvgIpc) is 3.32. The van der Waals surface area contributed by atoms with Gasteiger partial charge in [-0.05, 0) is 61.7 Å². The van der Waals surface area contributed by atoms with Crippen LogP contribution >= 0.6 is 0 Å². The molecular formula is C26H29N4O2S+. The number of aromatic nitrogens is 2. The normalized spacial score (nSPS) is 15.7. The number of nitrogens with zero attached hydrogens (tertiary/aromatic N) is 2. The first-order valence-electron chi connectivity index (χ1n) is 11.1. The van der Waals surface area contributed by atoms with E-state index < -0.39 is 9.84 Å². The van der Waals surface area contributed by atoms with Crippen LogP contribution in [0.15, 0.2) is 65.7 Å². The molecule has 4 rings (SSSR count). The summed E-state index contributed by atoms with van der Waals surface area (Å²) in [5.74, 6) is 0. The highest BCUT2D eigenvalue weighted by Gasteiger charge is 2.19. The van der Waals surface area contributed by atoms with Gasteiger partial charge >= 0.3 is 0 Å². The Bertz CT molecular complexity index is 1310. The van der Waals surface area contributed by atoms with E-state index in [1.54, 1.807) is 30.5 Å². The van der Waals surface area contributed by atoms with Crippen molar-refractivity contribution >= 4 is 27.3 Å². The van der Waals surface area contributed by atoms with E-state index >= 15 is 0 Å². The van der Waals surface area contributed by atoms with E-state index in [0.29, 0.717) is 11.7 Å². The Kier molecular flexibility index (Phi) is 6.70. The van der Waals surface area contributed by atoms with E-state index in [4.69, 9.17) is 5.73 Å². The molecule has 6 nitrogen and oxygen atoms in total. The van der Waals surface area contributed by atoms with Crippen molar-refractivity contribution in [1.82, 2.24) is 9.97 Å². The van der Waals surface area contributed by atoms with Crippen LogP contribution < -0.4 is 10.7 Å². The molecule has 0 spiro atoms. The second kappa shape index (κ2) is 9.67. The van der Waals surface area contributed by atoms with Crippen LogP contribution in [-0.2, 0) is 9.84 Å². The lowest BCUT2D eigenvalue weighted by Crippen LogP contribution is -2.75. The summed E-state index contributed by atoms with van der Waals surface area (Å²) in [6.45, 7) is 1.95. The minimum absolute atomic E-state index is 0.284. The van der Waals surface area contributed by atoms with Crippen LogP contribution in [0.5, 0.6) is 0 Å². The summed E-state index contributed by atoms with van der Waals surface area (Å²) in [4.78, 5) is 12.9. The van der Waals surface area contributed by atoms with Gasteiger partial charge in [-0.15, -0.1) is 0 Å². The van der Waals surface area contributed by atoms with E-state index in [-0.39, 0.29) is 4.90 Å². The number of allylic oxidation sites excluding steroid dienone is 1. The molecule has 2 aromatic heterocycles. The van der Waals surface area contributed by atoms with Crippen LogP contribution in [0.25, 0.3) is 22.5 Å². The third-order valence-corrected chi connectivity index (χ3v) is 7.05. The fourth-order valence-electron chi connectivity index (χ4n) is 4.07. The number of hydrogen-bond acceptors (Lipinski definition) is 5. The zero-order chi connectivity index (χ0) is 23.4. The second-order valence-electron chi connectivity index (χ2n) is 8.51. The Morgan fingerprint density at radius 3 is 2.48 bits per heavy atom. The molecule has 0 amide bonds. The molecule has 0 radical (unpaired) electrons. The number of aryl methyl sites for hydroxylation is 1. The number of nitrogens with one attached hydrogen (secondary N) is 1. The summed E-state index contributed by atoms with van der Waals surface area (Å²) < 4.78 is 23.6. The number of nitrogens with two attached hydrogens (primary N) is 1. The standard InChI is InChI=1S/C26H28N4O2S/c1-18-6-5-9-24(30-18)26(27)23(17-29-21-7-3-4-8-21)20-14-15-28-25(16-20)19-10-12-22(13-11-19)33(2,31)32/h5-6,9-17,21H,3-4,7-8,27H2,1-2H3/p+1. The first kappa shape index (κ1) is 22.9. The van der Waals surface area contributed by atoms with Crippen LogP contribution in [-0.4, -0.2) is 36.9 Å². The molecule has 1 aromatic carbocycles. The van der Waals surface area contributed by atoms with Crippen molar-refractivity contribution in [3.05, 3.63) is 77.7 Å². The minimum Gasteiger partial charge on any atom is -0.396 e. The van der Waals surface area contributed by atoms with Gasteiger partial charge in [-0.2, -0.15) is 0 Å². The number of benzene rings is 1. The Labute approximate surface area is 195 Å². The lowest BCUT2D eigenvalue weighted by atomic mass is 10.0. The third-order valence-electron chi connectivity index (χ3n) is 5.92. The molecule has 7 heteroatoms. The predicted octanol–water partition coefficient (Wildman–Crippen LogP) is 2.78. The van der Waals surface area contributed by atoms with E-state index in [2.05, 4.69) is 15.0 Å². The molecule has 0 saturated heterocycles. The number of sulfone groups is 1. The lowest BCUT2D eigenvalue weighted by molar-refractivity contribution is -0.495. The van der Waals surface area contributed by atoms with Gasteiger partial charge in [-0.1, -0.05) is 18.2 Å². The zero-order valence-electron chi connectivity index (χ0n) is 19.0. The molecule has 0 atom stereocenters. The van der Waals surface area contributed by atoms with Crippen molar-refractivity contribution in [1.29, 1.82) is 0 Å². The summed E-state index contributed by atoms with van der Waals surface area (Å²) in [5, 5.41) is 0. The van der Waals surface area contributed by atoms with Gasteiger partial charge in [0.1, 0.15) is 0 Å². The monoisotopic (exact) mass is 461 g/mol. The smallest absolute Gasteiger partial charge is 0.175 e. The molecule has 1 aliphatic carbocycles. The third kappa shape index (κ3) is 5.54. The summed E-state index contributed by atoms with van der Waals surface area (Å²) in [6.07, 6.45) is 9.73. The molecule has 2 heterocycles. The van der Waals surface area contributed by atoms with E-state index in [1.807, 2.05) is 43.5 Å². The molecule has 0 unspecified atom stereocenters. The number of hydrogen-bond donors (Lipinski definition) is 2. The number of pyridine rings is 2. The van der Waals surface area contributed by atoms with Gasteiger partial charge in [0.05, 0.1) is 27.6 Å². The van der Waals surface area contributed by atoms with Crippen molar-refractivity contribution < 1.29 is 13.4 Å². The van der Waals surface area contributed by atoms with Gasteiger partial charge in [0.2, 0.25) is 0 Å². The van der Waals surface area contributed by atoms with Crippen LogP contribution in [0, 0.1) is 6.92 Å². The average molecular weight is 462 g/mol. The van der Waals surface area contributed by atoms with E-state index in [1.165, 1.54) is 19.1 Å². The van der Waals surface area contributed by atoms with Gasteiger partial charge in [-0.25, -0.2) is 13.4 Å². The molecular weight excluding hydrogens is 432 g/mol. The Hall–Kier alpha value is -3.32. The fraction of sp³-hybridized carbons (Fsp3) is 0.269. The largest absolute Gasteiger partial charge is 0.396 e. The first-order chi connectivity index (χ1) is 15.8. The second-order valence-corrected chi connectivity index (χ2v) is 10.5. The van der Waals surface area contributed by atoms with Crippen molar-refractivity contribution in [2.45, 2.75) is 43.5 Å². The summed E-state index contributed by atoms with van der Waals surface area (Å²) in [5.41, 5.74) is 12.2. The summed E-state index contributed by atoms with van der Waals surface area (Å²) >= 11 is 0. The molecule has 1 saturated carbocycles. The molecule has 0 bridgehead atoms. The maximum Gasteiger partial charge on any atom is 0.175 e. The lowest BCUT2D eigenvalue weighted by Gasteiger charge is -2.10. The van der Waals surface area contributed by atoms with Gasteiger partial charge in [-0.3, -0.25) is 9.97 Å². The van der Waals surface area contributed by atoms with Crippen LogP contribution in [0.3, 0.4) is 0 Å². The van der Waals surface area contributed by atoms with Crippen molar-refractivity contribution in [2.75, 3.05) is 6.26 Å². The van der Waals surface area contributed by atoms with Gasteiger partial charge in [0.25, 0.3) is 0 Å². The highest BCUT2D eigenvalue weighted by atomic mass is 32.2. The highest BCUT2D eigenvalue weighted by molar-refractivity contribution is 7.90. The number of rotatable bonds is 6. The molecule has 0 aliphatic heterocycles. The summed E-state index contributed by atoms with van der Waals surface area (Å²) in [7, 11) is -3.25. The maximum absolute atomic E-state index is 11.8. The van der Waals surface area contributed by atoms with Gasteiger partial charge in [0.15, 0.2) is 22.1 Å². The topological polar surface area (TPSA) is 99.9 Å². The van der Waals surface area contributed by atoms with Gasteiger partial charge in [0, 0.05) is 36.6 Å². The molecule has 1 fully saturated rings. The van der Waals surface area contributed by atoms with Crippen molar-refractivity contribution in [2.24, 2.45) is 5.73 Å². The Morgan fingerprint density at radius 1 is 1.09 bits per heavy atom. The first-order valence-corrected chi connectivity index (χ1v) is 13.0. The van der Waals surface area contributed by atoms with E-state index in [0.717, 1.165) is 46.6 Å². The quantitative estimate of drug-likeness (QED) is 0.550. The molecule has 3 aromatic rings. The Balaban J connectivity index is 1.76. The molecule has 1 aliphatic rings. The van der Waals surface area contributed by atoms with Crippen molar-refractivity contribution in [3.63, 3.8) is 0 Å². The van der Waals surface area contributed by atoms with Crippen LogP contribution in [0.4, 0.5) is 0 Å². The van der Waals surface area contributed by atoms with E-state index in [9.17, 15) is 8.42 Å². The van der Waals surface area contributed by atoms with Gasteiger partial charge < -0.3 is 5.73 Å². The van der Waals surface area contributed by atoms with Crippen molar-refractivity contribution in [3.8, 4) is 11.3 Å². The van der Waals surface area contributed by atoms with Crippen LogP contribution in [0.2, 0.25) is 0 Å². The zero-order valence-corrected chi connectivity index (χ0v) is 19.8. The fourth-order valence-corrected chi connectivity index (χ4v) is 4.70. The SMILES string of the molecule is Cc1cccc(C(N)=C(C=[NH+]C2CCCC2)c2ccnc(-c3ccc(S(C)(=O)=O)cc3)c2)n1. The van der Waals surface area contributed by atoms with Crippen LogP contribution in [0.1, 0.15) is 42.6 Å². The molecule has 170 valence electrons. The summed E-state index contributed by atoms with van der Waals surface area (Å²) in [6, 6.07) is 16.9. The Morgan fingerprint density at radius 2 is 1.82 bits per heavy atom. The maximum atomic E-state index is 11.8. The molecule has 33 heavy (non-hydrogen) atoms. The predicted molar refractivity (Wildman–Crippen MR) is 132 cm³/mol. The minimum atomic E-state index is -3.25.